The number of fused-ring (bicyclic) bond motifs is 5. The minimum Gasteiger partial charge on any atom is -0.491 e. The van der Waals surface area contributed by atoms with Gasteiger partial charge in [-0.15, -0.1) is 0 Å². The van der Waals surface area contributed by atoms with Gasteiger partial charge in [0.05, 0.1) is 6.10 Å². The molecule has 5 heteroatoms. The third-order valence-corrected chi connectivity index (χ3v) is 8.82. The topological polar surface area (TPSA) is 50.8 Å². The van der Waals surface area contributed by atoms with Gasteiger partial charge >= 0.3 is 0 Å². The van der Waals surface area contributed by atoms with Crippen LogP contribution in [0.2, 0.25) is 0 Å². The van der Waals surface area contributed by atoms with E-state index in [1.54, 1.807) is 0 Å². The first kappa shape index (κ1) is 24.0. The van der Waals surface area contributed by atoms with Crippen LogP contribution >= 0.6 is 0 Å². The number of aryl methyl sites for hydroxylation is 1. The van der Waals surface area contributed by atoms with Gasteiger partial charge in [0.2, 0.25) is 0 Å². The molecule has 2 aromatic rings. The number of benzene rings is 2. The molecule has 1 amide bonds. The number of carbonyl (C=O) groups excluding carboxylic acids is 1. The van der Waals surface area contributed by atoms with Crippen LogP contribution in [0.1, 0.15) is 72.0 Å². The number of nitrogens with one attached hydrogen (secondary N) is 1. The molecule has 2 bridgehead atoms. The van der Waals surface area contributed by atoms with Gasteiger partial charge in [-0.25, -0.2) is 0 Å². The fourth-order valence-electron chi connectivity index (χ4n) is 6.75. The summed E-state index contributed by atoms with van der Waals surface area (Å²) in [6.45, 7) is 5.06. The van der Waals surface area contributed by atoms with E-state index in [2.05, 4.69) is 28.4 Å². The van der Waals surface area contributed by atoms with Gasteiger partial charge in [-0.2, -0.15) is 0 Å². The van der Waals surface area contributed by atoms with Crippen LogP contribution in [0.5, 0.6) is 5.75 Å². The van der Waals surface area contributed by atoms with Gasteiger partial charge < -0.3 is 14.8 Å². The smallest absolute Gasteiger partial charge is 0.251 e. The van der Waals surface area contributed by atoms with Crippen molar-refractivity contribution in [1.29, 1.82) is 0 Å². The van der Waals surface area contributed by atoms with Crippen LogP contribution in [-0.2, 0) is 24.1 Å². The van der Waals surface area contributed by atoms with E-state index in [0.717, 1.165) is 62.8 Å². The Morgan fingerprint density at radius 1 is 0.944 bits per heavy atom. The summed E-state index contributed by atoms with van der Waals surface area (Å²) in [5, 5.41) is 3.27. The third kappa shape index (κ3) is 5.78. The van der Waals surface area contributed by atoms with Crippen molar-refractivity contribution in [3.63, 3.8) is 0 Å². The molecule has 3 heterocycles. The highest BCUT2D eigenvalue weighted by atomic mass is 16.5. The lowest BCUT2D eigenvalue weighted by atomic mass is 9.84. The summed E-state index contributed by atoms with van der Waals surface area (Å²) in [5.41, 5.74) is 5.01. The second kappa shape index (κ2) is 10.9. The van der Waals surface area contributed by atoms with Crippen molar-refractivity contribution in [3.8, 4) is 5.75 Å². The highest BCUT2D eigenvalue weighted by Gasteiger charge is 2.29. The van der Waals surface area contributed by atoms with Gasteiger partial charge in [-0.3, -0.25) is 9.69 Å². The van der Waals surface area contributed by atoms with Crippen molar-refractivity contribution < 1.29 is 14.3 Å². The Balaban J connectivity index is 1.01. The molecule has 5 aliphatic rings. The van der Waals surface area contributed by atoms with Crippen molar-refractivity contribution in [3.05, 3.63) is 64.7 Å². The van der Waals surface area contributed by atoms with Gasteiger partial charge in [-0.05, 0) is 111 Å². The molecular weight excluding hydrogens is 448 g/mol. The van der Waals surface area contributed by atoms with Crippen LogP contribution in [0, 0.1) is 11.8 Å². The standard InChI is InChI=1S/C31H40N2O3/c34-31(25-10-13-29(14-11-25)36-21-30-2-1-15-35-30)32-28-12-9-26-16-24(7-8-27(26)17-28)20-33-18-22-3-4-23(19-33)6-5-22/h7-8,10-11,13-14,16,22-23,28,30H,1-6,9,12,15,17-21H2,(H,32,34)/t22-,23+,28-,30-/m0/s1. The maximum Gasteiger partial charge on any atom is 0.251 e. The number of ether oxygens (including phenoxy) is 2. The molecule has 2 atom stereocenters. The fourth-order valence-corrected chi connectivity index (χ4v) is 6.75. The second-order valence-electron chi connectivity index (χ2n) is 11.6. The van der Waals surface area contributed by atoms with Crippen LogP contribution in [0.3, 0.4) is 0 Å². The summed E-state index contributed by atoms with van der Waals surface area (Å²) >= 11 is 0. The Labute approximate surface area is 215 Å². The third-order valence-electron chi connectivity index (χ3n) is 8.82. The van der Waals surface area contributed by atoms with Gasteiger partial charge in [0.1, 0.15) is 12.4 Å². The number of rotatable bonds is 7. The normalized spacial score (nSPS) is 27.9. The van der Waals surface area contributed by atoms with Crippen molar-refractivity contribution in [2.24, 2.45) is 11.8 Å². The lowest BCUT2D eigenvalue weighted by molar-refractivity contribution is 0.0679. The quantitative estimate of drug-likeness (QED) is 0.585. The van der Waals surface area contributed by atoms with E-state index in [-0.39, 0.29) is 18.1 Å². The zero-order chi connectivity index (χ0) is 24.3. The van der Waals surface area contributed by atoms with E-state index in [4.69, 9.17) is 9.47 Å². The summed E-state index contributed by atoms with van der Waals surface area (Å²) in [6, 6.07) is 14.8. The predicted molar refractivity (Wildman–Crippen MR) is 141 cm³/mol. The number of carbonyl (C=O) groups is 1. The molecule has 0 spiro atoms. The molecule has 1 saturated carbocycles. The summed E-state index contributed by atoms with van der Waals surface area (Å²) in [5.74, 6) is 2.63. The summed E-state index contributed by atoms with van der Waals surface area (Å²) < 4.78 is 11.4. The van der Waals surface area contributed by atoms with E-state index >= 15 is 0 Å². The van der Waals surface area contributed by atoms with Crippen molar-refractivity contribution >= 4 is 5.91 Å². The molecule has 2 aliphatic carbocycles. The molecule has 1 N–H and O–H groups in total. The van der Waals surface area contributed by atoms with Crippen molar-refractivity contribution in [1.82, 2.24) is 10.2 Å². The van der Waals surface area contributed by atoms with Gasteiger partial charge in [0, 0.05) is 37.8 Å². The van der Waals surface area contributed by atoms with Crippen molar-refractivity contribution in [2.75, 3.05) is 26.3 Å². The largest absolute Gasteiger partial charge is 0.491 e. The number of nitrogens with zero attached hydrogens (tertiary/aromatic N) is 1. The number of amides is 1. The molecule has 3 saturated heterocycles. The predicted octanol–water partition coefficient (Wildman–Crippen LogP) is 5.15. The SMILES string of the molecule is O=C(N[C@H]1CCc2cc(CN3C[C@H]4CC[C@H](CC4)C3)ccc2C1)c1ccc(OC[C@@H]2CCCO2)cc1. The maximum atomic E-state index is 12.9. The minimum atomic E-state index is 0.00143. The number of hydrogen-bond donors (Lipinski definition) is 1. The van der Waals surface area contributed by atoms with E-state index in [9.17, 15) is 4.79 Å². The average Bonchev–Trinajstić information content (AvgIpc) is 3.27. The van der Waals surface area contributed by atoms with Crippen LogP contribution in [-0.4, -0.2) is 49.3 Å². The van der Waals surface area contributed by atoms with Crippen LogP contribution in [0.4, 0.5) is 0 Å². The van der Waals surface area contributed by atoms with Crippen LogP contribution < -0.4 is 10.1 Å². The van der Waals surface area contributed by atoms with Gasteiger partial charge in [0.15, 0.2) is 0 Å². The van der Waals surface area contributed by atoms with E-state index in [0.29, 0.717) is 12.2 Å². The van der Waals surface area contributed by atoms with Crippen LogP contribution in [0.25, 0.3) is 0 Å². The summed E-state index contributed by atoms with van der Waals surface area (Å²) in [4.78, 5) is 15.6. The lowest BCUT2D eigenvalue weighted by Crippen LogP contribution is -2.38. The number of hydrogen-bond acceptors (Lipinski definition) is 4. The van der Waals surface area contributed by atoms with Crippen LogP contribution in [0.15, 0.2) is 42.5 Å². The molecule has 36 heavy (non-hydrogen) atoms. The molecule has 192 valence electrons. The summed E-state index contributed by atoms with van der Waals surface area (Å²) in [7, 11) is 0. The first-order valence-corrected chi connectivity index (χ1v) is 14.2. The molecule has 0 radical (unpaired) electrons. The van der Waals surface area contributed by atoms with Crippen molar-refractivity contribution in [2.45, 2.75) is 76.5 Å². The molecule has 0 unspecified atom stereocenters. The Kier molecular flexibility index (Phi) is 7.29. The zero-order valence-electron chi connectivity index (χ0n) is 21.4. The Morgan fingerprint density at radius 2 is 1.72 bits per heavy atom. The second-order valence-corrected chi connectivity index (χ2v) is 11.6. The average molecular weight is 489 g/mol. The fraction of sp³-hybridized carbons (Fsp3) is 0.581. The zero-order valence-corrected chi connectivity index (χ0v) is 21.4. The monoisotopic (exact) mass is 488 g/mol. The first-order valence-electron chi connectivity index (χ1n) is 14.2. The Bertz CT molecular complexity index is 1020. The molecular formula is C31H40N2O3. The highest BCUT2D eigenvalue weighted by Crippen LogP contribution is 2.34. The highest BCUT2D eigenvalue weighted by molar-refractivity contribution is 5.94. The van der Waals surface area contributed by atoms with Gasteiger partial charge in [0.25, 0.3) is 5.91 Å². The molecule has 0 aromatic heterocycles. The van der Waals surface area contributed by atoms with Gasteiger partial charge in [-0.1, -0.05) is 18.2 Å². The van der Waals surface area contributed by atoms with E-state index < -0.39 is 0 Å². The Morgan fingerprint density at radius 3 is 2.44 bits per heavy atom. The minimum absolute atomic E-state index is 0.00143. The molecule has 3 aliphatic heterocycles. The maximum absolute atomic E-state index is 12.9. The molecule has 5 nitrogen and oxygen atoms in total. The first-order chi connectivity index (χ1) is 17.7. The summed E-state index contributed by atoms with van der Waals surface area (Å²) in [6.07, 6.45) is 11.1. The van der Waals surface area contributed by atoms with E-state index in [1.807, 2.05) is 24.3 Å². The lowest BCUT2D eigenvalue weighted by Gasteiger charge is -2.27. The molecule has 2 aromatic carbocycles. The molecule has 7 rings (SSSR count). The van der Waals surface area contributed by atoms with E-state index in [1.165, 1.54) is 55.5 Å². The Hall–Kier alpha value is -2.37. The molecule has 4 fully saturated rings.